The van der Waals surface area contributed by atoms with Gasteiger partial charge in [0.1, 0.15) is 5.82 Å². The third-order valence-electron chi connectivity index (χ3n) is 3.77. The van der Waals surface area contributed by atoms with E-state index < -0.39 is 0 Å². The van der Waals surface area contributed by atoms with Crippen molar-refractivity contribution in [2.75, 3.05) is 0 Å². The number of hydrogen-bond acceptors (Lipinski definition) is 3. The summed E-state index contributed by atoms with van der Waals surface area (Å²) in [6, 6.07) is 12.9. The molecule has 3 nitrogen and oxygen atoms in total. The Bertz CT molecular complexity index is 820. The molecule has 3 rings (SSSR count). The maximum atomic E-state index is 13.2. The molecule has 0 aliphatic carbocycles. The number of carbonyl (C=O) groups is 1. The zero-order chi connectivity index (χ0) is 16.9. The predicted octanol–water partition coefficient (Wildman–Crippen LogP) is 4.67. The molecular weight excluding hydrogens is 327 g/mol. The topological polar surface area (TPSA) is 42.9 Å². The molecule has 1 heterocycles. The Balaban J connectivity index is 1.91. The quantitative estimate of drug-likeness (QED) is 0.634. The van der Waals surface area contributed by atoms with Gasteiger partial charge in [-0.15, -0.1) is 0 Å². The Labute approximate surface area is 144 Å². The first-order chi connectivity index (χ1) is 11.6. The highest BCUT2D eigenvalue weighted by Crippen LogP contribution is 2.28. The van der Waals surface area contributed by atoms with E-state index in [2.05, 4.69) is 9.97 Å². The standard InChI is InChI=1S/C19H14ClFN2O/c20-15-5-1-14(2-6-15)19(24)11-17(18-12-22-9-10-23-18)13-3-7-16(21)8-4-13/h1-10,12,17H,11H2. The molecule has 120 valence electrons. The smallest absolute Gasteiger partial charge is 0.163 e. The van der Waals surface area contributed by atoms with Crippen molar-refractivity contribution < 1.29 is 9.18 Å². The van der Waals surface area contributed by atoms with E-state index >= 15 is 0 Å². The van der Waals surface area contributed by atoms with Crippen molar-refractivity contribution >= 4 is 17.4 Å². The predicted molar refractivity (Wildman–Crippen MR) is 90.7 cm³/mol. The van der Waals surface area contributed by atoms with Crippen LogP contribution in [0.25, 0.3) is 0 Å². The zero-order valence-electron chi connectivity index (χ0n) is 12.7. The fourth-order valence-corrected chi connectivity index (χ4v) is 2.64. The lowest BCUT2D eigenvalue weighted by Gasteiger charge is -2.16. The highest BCUT2D eigenvalue weighted by molar-refractivity contribution is 6.30. The number of rotatable bonds is 5. The molecule has 1 unspecified atom stereocenters. The summed E-state index contributed by atoms with van der Waals surface area (Å²) in [7, 11) is 0. The minimum absolute atomic E-state index is 0.0355. The number of aromatic nitrogens is 2. The van der Waals surface area contributed by atoms with Gasteiger partial charge in [0.25, 0.3) is 0 Å². The van der Waals surface area contributed by atoms with Crippen LogP contribution in [0.4, 0.5) is 4.39 Å². The second-order valence-electron chi connectivity index (χ2n) is 5.37. The van der Waals surface area contributed by atoms with Crippen LogP contribution in [-0.2, 0) is 0 Å². The largest absolute Gasteiger partial charge is 0.294 e. The fraction of sp³-hybridized carbons (Fsp3) is 0.105. The summed E-state index contributed by atoms with van der Waals surface area (Å²) in [5.74, 6) is -0.644. The number of ketones is 1. The van der Waals surface area contributed by atoms with Gasteiger partial charge in [-0.3, -0.25) is 14.8 Å². The van der Waals surface area contributed by atoms with Gasteiger partial charge in [0, 0.05) is 41.5 Å². The van der Waals surface area contributed by atoms with Crippen molar-refractivity contribution in [3.05, 3.63) is 94.8 Å². The van der Waals surface area contributed by atoms with E-state index in [1.165, 1.54) is 12.1 Å². The maximum Gasteiger partial charge on any atom is 0.163 e. The number of carbonyl (C=O) groups excluding carboxylic acids is 1. The molecule has 0 saturated heterocycles. The Morgan fingerprint density at radius 1 is 1.04 bits per heavy atom. The van der Waals surface area contributed by atoms with Crippen LogP contribution in [0.1, 0.15) is 34.0 Å². The number of Topliss-reactive ketones (excluding diaryl/α,β-unsaturated/α-hetero) is 1. The second kappa shape index (κ2) is 7.32. The molecule has 0 aliphatic rings. The zero-order valence-corrected chi connectivity index (χ0v) is 13.4. The summed E-state index contributed by atoms with van der Waals surface area (Å²) in [5.41, 5.74) is 2.07. The van der Waals surface area contributed by atoms with E-state index in [1.54, 1.807) is 55.0 Å². The van der Waals surface area contributed by atoms with Crippen LogP contribution < -0.4 is 0 Å². The molecule has 2 aromatic carbocycles. The summed E-state index contributed by atoms with van der Waals surface area (Å²) < 4.78 is 13.2. The molecule has 0 aliphatic heterocycles. The first-order valence-corrected chi connectivity index (χ1v) is 7.81. The van der Waals surface area contributed by atoms with Gasteiger partial charge in [0.05, 0.1) is 5.69 Å². The lowest BCUT2D eigenvalue weighted by Crippen LogP contribution is -2.11. The van der Waals surface area contributed by atoms with Crippen LogP contribution >= 0.6 is 11.6 Å². The average Bonchev–Trinajstić information content (AvgIpc) is 2.62. The molecule has 0 spiro atoms. The minimum Gasteiger partial charge on any atom is -0.294 e. The third-order valence-corrected chi connectivity index (χ3v) is 4.02. The lowest BCUT2D eigenvalue weighted by atomic mass is 9.89. The van der Waals surface area contributed by atoms with Crippen molar-refractivity contribution in [1.29, 1.82) is 0 Å². The van der Waals surface area contributed by atoms with Gasteiger partial charge in [-0.25, -0.2) is 4.39 Å². The molecule has 24 heavy (non-hydrogen) atoms. The average molecular weight is 341 g/mol. The Morgan fingerprint density at radius 2 is 1.75 bits per heavy atom. The normalized spacial score (nSPS) is 11.9. The number of nitrogens with zero attached hydrogens (tertiary/aromatic N) is 2. The Hall–Kier alpha value is -2.59. The van der Waals surface area contributed by atoms with Crippen LogP contribution in [0.5, 0.6) is 0 Å². The monoisotopic (exact) mass is 340 g/mol. The first-order valence-electron chi connectivity index (χ1n) is 7.43. The first kappa shape index (κ1) is 16.3. The molecule has 0 radical (unpaired) electrons. The van der Waals surface area contributed by atoms with Crippen molar-refractivity contribution in [3.8, 4) is 0 Å². The Kier molecular flexibility index (Phi) is 4.96. The summed E-state index contributed by atoms with van der Waals surface area (Å²) in [6.45, 7) is 0. The van der Waals surface area contributed by atoms with Crippen LogP contribution in [0.3, 0.4) is 0 Å². The van der Waals surface area contributed by atoms with E-state index in [4.69, 9.17) is 11.6 Å². The molecule has 1 atom stereocenters. The third kappa shape index (κ3) is 3.84. The van der Waals surface area contributed by atoms with Gasteiger partial charge in [0.15, 0.2) is 5.78 Å². The van der Waals surface area contributed by atoms with Gasteiger partial charge in [0.2, 0.25) is 0 Å². The lowest BCUT2D eigenvalue weighted by molar-refractivity contribution is 0.0977. The van der Waals surface area contributed by atoms with E-state index in [0.717, 1.165) is 5.56 Å². The molecule has 0 bridgehead atoms. The maximum absolute atomic E-state index is 13.2. The van der Waals surface area contributed by atoms with Crippen molar-refractivity contribution in [1.82, 2.24) is 9.97 Å². The van der Waals surface area contributed by atoms with Crippen LogP contribution in [0, 0.1) is 5.82 Å². The van der Waals surface area contributed by atoms with E-state index in [1.807, 2.05) is 0 Å². The molecule has 3 aromatic rings. The van der Waals surface area contributed by atoms with Gasteiger partial charge in [-0.1, -0.05) is 23.7 Å². The number of hydrogen-bond donors (Lipinski definition) is 0. The summed E-state index contributed by atoms with van der Waals surface area (Å²) in [6.07, 6.45) is 5.00. The van der Waals surface area contributed by atoms with Crippen molar-refractivity contribution in [2.45, 2.75) is 12.3 Å². The molecular formula is C19H14ClFN2O. The fourth-order valence-electron chi connectivity index (χ4n) is 2.52. The van der Waals surface area contributed by atoms with Crippen molar-refractivity contribution in [3.63, 3.8) is 0 Å². The molecule has 0 amide bonds. The Morgan fingerprint density at radius 3 is 2.38 bits per heavy atom. The van der Waals surface area contributed by atoms with Gasteiger partial charge < -0.3 is 0 Å². The van der Waals surface area contributed by atoms with Gasteiger partial charge >= 0.3 is 0 Å². The SMILES string of the molecule is O=C(CC(c1ccc(F)cc1)c1cnccn1)c1ccc(Cl)cc1. The van der Waals surface area contributed by atoms with E-state index in [-0.39, 0.29) is 23.9 Å². The highest BCUT2D eigenvalue weighted by Gasteiger charge is 2.20. The summed E-state index contributed by atoms with van der Waals surface area (Å²) in [4.78, 5) is 21.0. The van der Waals surface area contributed by atoms with Gasteiger partial charge in [-0.05, 0) is 42.0 Å². The van der Waals surface area contributed by atoms with Crippen LogP contribution in [0.2, 0.25) is 5.02 Å². The van der Waals surface area contributed by atoms with Crippen LogP contribution in [-0.4, -0.2) is 15.8 Å². The molecule has 0 fully saturated rings. The number of benzene rings is 2. The van der Waals surface area contributed by atoms with Crippen molar-refractivity contribution in [2.24, 2.45) is 0 Å². The molecule has 1 aromatic heterocycles. The number of halogens is 2. The summed E-state index contributed by atoms with van der Waals surface area (Å²) in [5, 5.41) is 0.579. The molecule has 0 N–H and O–H groups in total. The second-order valence-corrected chi connectivity index (χ2v) is 5.81. The molecule has 0 saturated carbocycles. The van der Waals surface area contributed by atoms with Crippen LogP contribution in [0.15, 0.2) is 67.1 Å². The molecule has 5 heteroatoms. The van der Waals surface area contributed by atoms with E-state index in [0.29, 0.717) is 16.3 Å². The minimum atomic E-state index is -0.319. The van der Waals surface area contributed by atoms with Gasteiger partial charge in [-0.2, -0.15) is 0 Å². The highest BCUT2D eigenvalue weighted by atomic mass is 35.5. The summed E-state index contributed by atoms with van der Waals surface area (Å²) >= 11 is 5.86. The van der Waals surface area contributed by atoms with E-state index in [9.17, 15) is 9.18 Å².